The van der Waals surface area contributed by atoms with Crippen LogP contribution in [0.4, 0.5) is 0 Å². The van der Waals surface area contributed by atoms with Crippen LogP contribution in [0.25, 0.3) is 0 Å². The maximum atomic E-state index is 13.0. The van der Waals surface area contributed by atoms with Gasteiger partial charge in [0.1, 0.15) is 5.82 Å². The molecule has 1 saturated heterocycles. The van der Waals surface area contributed by atoms with Crippen LogP contribution in [0, 0.1) is 0 Å². The largest absolute Gasteiger partial charge is 0.334 e. The lowest BCUT2D eigenvalue weighted by molar-refractivity contribution is 0.176. The van der Waals surface area contributed by atoms with Crippen LogP contribution in [0.2, 0.25) is 0 Å². The fourth-order valence-corrected chi connectivity index (χ4v) is 5.44. The lowest BCUT2D eigenvalue weighted by Gasteiger charge is -2.33. The van der Waals surface area contributed by atoms with Crippen LogP contribution in [0.15, 0.2) is 35.5 Å². The minimum absolute atomic E-state index is 0.452. The lowest BCUT2D eigenvalue weighted by atomic mass is 10.1. The highest BCUT2D eigenvalue weighted by atomic mass is 32.2. The van der Waals surface area contributed by atoms with E-state index in [-0.39, 0.29) is 0 Å². The first kappa shape index (κ1) is 17.7. The summed E-state index contributed by atoms with van der Waals surface area (Å²) in [4.78, 5) is 7.15. The van der Waals surface area contributed by atoms with Gasteiger partial charge in [0.15, 0.2) is 0 Å². The average molecular weight is 375 g/mol. The lowest BCUT2D eigenvalue weighted by Crippen LogP contribution is -2.48. The van der Waals surface area contributed by atoms with Gasteiger partial charge in [-0.1, -0.05) is 6.07 Å². The number of aryl methyl sites for hydroxylation is 3. The molecule has 1 fully saturated rings. The first-order valence-electron chi connectivity index (χ1n) is 9.42. The monoisotopic (exact) mass is 374 g/mol. The fraction of sp³-hybridized carbons (Fsp3) is 0.526. The molecule has 0 N–H and O–H groups in total. The highest BCUT2D eigenvalue weighted by molar-refractivity contribution is 7.89. The van der Waals surface area contributed by atoms with Crippen LogP contribution < -0.4 is 0 Å². The molecule has 6 nitrogen and oxygen atoms in total. The van der Waals surface area contributed by atoms with Crippen LogP contribution in [0.3, 0.4) is 0 Å². The van der Waals surface area contributed by atoms with Gasteiger partial charge in [-0.2, -0.15) is 4.31 Å². The third-order valence-electron chi connectivity index (χ3n) is 5.55. The molecule has 0 saturated carbocycles. The van der Waals surface area contributed by atoms with Crippen molar-refractivity contribution in [2.75, 3.05) is 26.2 Å². The Labute approximate surface area is 155 Å². The second-order valence-electron chi connectivity index (χ2n) is 7.09. The topological polar surface area (TPSA) is 58.4 Å². The number of benzene rings is 1. The third-order valence-corrected chi connectivity index (χ3v) is 7.44. The fourth-order valence-electron chi connectivity index (χ4n) is 3.97. The molecule has 2 heterocycles. The Morgan fingerprint density at radius 1 is 1.08 bits per heavy atom. The Morgan fingerprint density at radius 3 is 2.62 bits per heavy atom. The van der Waals surface area contributed by atoms with Crippen molar-refractivity contribution in [3.05, 3.63) is 47.5 Å². The molecule has 140 valence electrons. The third kappa shape index (κ3) is 3.31. The van der Waals surface area contributed by atoms with Gasteiger partial charge in [-0.25, -0.2) is 13.4 Å². The molecule has 1 aliphatic heterocycles. The van der Waals surface area contributed by atoms with Crippen LogP contribution in [-0.4, -0.2) is 53.4 Å². The van der Waals surface area contributed by atoms with Crippen molar-refractivity contribution < 1.29 is 8.42 Å². The van der Waals surface area contributed by atoms with E-state index in [9.17, 15) is 8.42 Å². The van der Waals surface area contributed by atoms with E-state index in [2.05, 4.69) is 21.4 Å². The standard InChI is InChI=1S/C19H26N4O2S/c1-2-22-9-8-20-19(22)15-21-10-12-23(13-11-21)26(24,25)18-7-6-16-4-3-5-17(16)14-18/h6-9,14H,2-5,10-13,15H2,1H3. The summed E-state index contributed by atoms with van der Waals surface area (Å²) in [5, 5.41) is 0. The van der Waals surface area contributed by atoms with Crippen molar-refractivity contribution in [3.8, 4) is 0 Å². The van der Waals surface area contributed by atoms with E-state index in [4.69, 9.17) is 0 Å². The minimum atomic E-state index is -3.40. The van der Waals surface area contributed by atoms with Crippen molar-refractivity contribution in [1.29, 1.82) is 0 Å². The van der Waals surface area contributed by atoms with Crippen molar-refractivity contribution in [2.24, 2.45) is 0 Å². The zero-order valence-corrected chi connectivity index (χ0v) is 16.1. The summed E-state index contributed by atoms with van der Waals surface area (Å²) in [6, 6.07) is 5.67. The molecule has 1 aliphatic carbocycles. The molecule has 0 unspecified atom stereocenters. The van der Waals surface area contributed by atoms with E-state index < -0.39 is 10.0 Å². The van der Waals surface area contributed by atoms with E-state index in [1.807, 2.05) is 24.5 Å². The van der Waals surface area contributed by atoms with Gasteiger partial charge in [-0.05, 0) is 49.4 Å². The van der Waals surface area contributed by atoms with E-state index in [0.29, 0.717) is 18.0 Å². The summed E-state index contributed by atoms with van der Waals surface area (Å²) in [5.41, 5.74) is 2.51. The van der Waals surface area contributed by atoms with E-state index in [1.165, 1.54) is 11.1 Å². The molecule has 1 aromatic heterocycles. The Morgan fingerprint density at radius 2 is 1.85 bits per heavy atom. The van der Waals surface area contributed by atoms with Gasteiger partial charge in [-0.3, -0.25) is 4.90 Å². The summed E-state index contributed by atoms with van der Waals surface area (Å²) < 4.78 is 29.8. The Kier molecular flexibility index (Phi) is 4.86. The van der Waals surface area contributed by atoms with Crippen LogP contribution in [-0.2, 0) is 36.0 Å². The first-order valence-corrected chi connectivity index (χ1v) is 10.9. The zero-order chi connectivity index (χ0) is 18.1. The number of fused-ring (bicyclic) bond motifs is 1. The number of nitrogens with zero attached hydrogens (tertiary/aromatic N) is 4. The molecule has 0 spiro atoms. The smallest absolute Gasteiger partial charge is 0.243 e. The summed E-state index contributed by atoms with van der Waals surface area (Å²) in [5.74, 6) is 1.04. The van der Waals surface area contributed by atoms with Crippen LogP contribution in [0.5, 0.6) is 0 Å². The van der Waals surface area contributed by atoms with Crippen molar-refractivity contribution >= 4 is 10.0 Å². The average Bonchev–Trinajstić information content (AvgIpc) is 3.30. The van der Waals surface area contributed by atoms with Crippen molar-refractivity contribution in [3.63, 3.8) is 0 Å². The van der Waals surface area contributed by atoms with E-state index >= 15 is 0 Å². The number of hydrogen-bond acceptors (Lipinski definition) is 4. The molecule has 0 radical (unpaired) electrons. The molecular formula is C19H26N4O2S. The molecule has 1 aromatic carbocycles. The predicted octanol–water partition coefficient (Wildman–Crippen LogP) is 1.90. The summed E-state index contributed by atoms with van der Waals surface area (Å²) >= 11 is 0. The number of aromatic nitrogens is 2. The Bertz CT molecular complexity index is 883. The van der Waals surface area contributed by atoms with Gasteiger partial charge in [-0.15, -0.1) is 0 Å². The van der Waals surface area contributed by atoms with Gasteiger partial charge < -0.3 is 4.57 Å². The Balaban J connectivity index is 1.42. The maximum absolute atomic E-state index is 13.0. The van der Waals surface area contributed by atoms with E-state index in [1.54, 1.807) is 10.4 Å². The molecule has 7 heteroatoms. The molecule has 0 bridgehead atoms. The molecule has 4 rings (SSSR count). The van der Waals surface area contributed by atoms with Crippen LogP contribution >= 0.6 is 0 Å². The number of sulfonamides is 1. The van der Waals surface area contributed by atoms with Crippen LogP contribution in [0.1, 0.15) is 30.3 Å². The molecular weight excluding hydrogens is 348 g/mol. The van der Waals surface area contributed by atoms with E-state index in [0.717, 1.165) is 51.3 Å². The highest BCUT2D eigenvalue weighted by Gasteiger charge is 2.29. The summed E-state index contributed by atoms with van der Waals surface area (Å²) in [6.45, 7) is 6.32. The highest BCUT2D eigenvalue weighted by Crippen LogP contribution is 2.26. The number of rotatable bonds is 5. The normalized spacial score (nSPS) is 19.0. The number of hydrogen-bond donors (Lipinski definition) is 0. The second kappa shape index (κ2) is 7.13. The second-order valence-corrected chi connectivity index (χ2v) is 9.03. The van der Waals surface area contributed by atoms with Gasteiger partial charge >= 0.3 is 0 Å². The molecule has 0 amide bonds. The maximum Gasteiger partial charge on any atom is 0.243 e. The first-order chi connectivity index (χ1) is 12.6. The van der Waals surface area contributed by atoms with Crippen molar-refractivity contribution in [2.45, 2.75) is 44.2 Å². The molecule has 26 heavy (non-hydrogen) atoms. The van der Waals surface area contributed by atoms with Gasteiger partial charge in [0.2, 0.25) is 10.0 Å². The minimum Gasteiger partial charge on any atom is -0.334 e. The molecule has 0 atom stereocenters. The number of piperazine rings is 1. The quantitative estimate of drug-likeness (QED) is 0.802. The molecule has 2 aliphatic rings. The SMILES string of the molecule is CCn1ccnc1CN1CCN(S(=O)(=O)c2ccc3c(c2)CCC3)CC1. The van der Waals surface area contributed by atoms with Gasteiger partial charge in [0, 0.05) is 45.1 Å². The summed E-state index contributed by atoms with van der Waals surface area (Å²) in [6.07, 6.45) is 7.01. The van der Waals surface area contributed by atoms with Gasteiger partial charge in [0.25, 0.3) is 0 Å². The molecule has 2 aromatic rings. The number of imidazole rings is 1. The van der Waals surface area contributed by atoms with Crippen molar-refractivity contribution in [1.82, 2.24) is 18.8 Å². The van der Waals surface area contributed by atoms with Gasteiger partial charge in [0.05, 0.1) is 11.4 Å². The zero-order valence-electron chi connectivity index (χ0n) is 15.3. The Hall–Kier alpha value is -1.70. The predicted molar refractivity (Wildman–Crippen MR) is 100 cm³/mol. The summed E-state index contributed by atoms with van der Waals surface area (Å²) in [7, 11) is -3.40.